The molecule has 0 unspecified atom stereocenters. The van der Waals surface area contributed by atoms with Crippen LogP contribution in [0.3, 0.4) is 0 Å². The van der Waals surface area contributed by atoms with Crippen LogP contribution in [0, 0.1) is 6.92 Å². The number of aromatic nitrogens is 4. The first-order chi connectivity index (χ1) is 11.5. The van der Waals surface area contributed by atoms with Crippen molar-refractivity contribution in [3.8, 4) is 0 Å². The fourth-order valence-electron chi connectivity index (χ4n) is 2.37. The average molecular weight is 329 g/mol. The largest absolute Gasteiger partial charge is 0.353 e. The second kappa shape index (κ2) is 6.77. The zero-order chi connectivity index (χ0) is 17.1. The van der Waals surface area contributed by atoms with Crippen molar-refractivity contribution in [2.75, 3.05) is 6.54 Å². The molecule has 0 spiro atoms. The van der Waals surface area contributed by atoms with Crippen LogP contribution in [0.2, 0.25) is 0 Å². The SMILES string of the molecule is Cc1cc(=O)n(CC(=O)NCCn2nc(C3CC3)ccc2=O)cn1. The molecule has 3 rings (SSSR count). The van der Waals surface area contributed by atoms with Gasteiger partial charge in [0.25, 0.3) is 11.1 Å². The highest BCUT2D eigenvalue weighted by molar-refractivity contribution is 5.75. The first-order valence-electron chi connectivity index (χ1n) is 7.91. The summed E-state index contributed by atoms with van der Waals surface area (Å²) in [6.07, 6.45) is 3.57. The highest BCUT2D eigenvalue weighted by Gasteiger charge is 2.25. The molecule has 0 radical (unpaired) electrons. The summed E-state index contributed by atoms with van der Waals surface area (Å²) in [6.45, 7) is 2.18. The van der Waals surface area contributed by atoms with Gasteiger partial charge in [-0.2, -0.15) is 5.10 Å². The van der Waals surface area contributed by atoms with Crippen LogP contribution in [-0.2, 0) is 17.9 Å². The first kappa shape index (κ1) is 16.1. The smallest absolute Gasteiger partial charge is 0.266 e. The third-order valence-corrected chi connectivity index (χ3v) is 3.86. The van der Waals surface area contributed by atoms with Crippen molar-refractivity contribution >= 4 is 5.91 Å². The van der Waals surface area contributed by atoms with Gasteiger partial charge in [0.15, 0.2) is 0 Å². The molecule has 0 atom stereocenters. The van der Waals surface area contributed by atoms with E-state index in [-0.39, 0.29) is 30.1 Å². The zero-order valence-electron chi connectivity index (χ0n) is 13.4. The maximum Gasteiger partial charge on any atom is 0.266 e. The third-order valence-electron chi connectivity index (χ3n) is 3.86. The Balaban J connectivity index is 1.54. The average Bonchev–Trinajstić information content (AvgIpc) is 3.37. The van der Waals surface area contributed by atoms with Crippen LogP contribution < -0.4 is 16.4 Å². The molecule has 0 bridgehead atoms. The topological polar surface area (TPSA) is 98.9 Å². The van der Waals surface area contributed by atoms with Gasteiger partial charge in [0.05, 0.1) is 18.6 Å². The van der Waals surface area contributed by atoms with Gasteiger partial charge in [0.1, 0.15) is 6.54 Å². The summed E-state index contributed by atoms with van der Waals surface area (Å²) in [5.41, 5.74) is 1.08. The Morgan fingerprint density at radius 1 is 1.29 bits per heavy atom. The predicted molar refractivity (Wildman–Crippen MR) is 86.7 cm³/mol. The van der Waals surface area contributed by atoms with E-state index < -0.39 is 0 Å². The minimum atomic E-state index is -0.311. The summed E-state index contributed by atoms with van der Waals surface area (Å²) in [5, 5.41) is 7.01. The normalized spacial score (nSPS) is 13.7. The van der Waals surface area contributed by atoms with E-state index in [4.69, 9.17) is 0 Å². The number of rotatable bonds is 6. The lowest BCUT2D eigenvalue weighted by molar-refractivity contribution is -0.121. The molecule has 2 heterocycles. The van der Waals surface area contributed by atoms with E-state index in [1.54, 1.807) is 13.0 Å². The van der Waals surface area contributed by atoms with E-state index in [0.717, 1.165) is 18.5 Å². The van der Waals surface area contributed by atoms with Gasteiger partial charge in [0.2, 0.25) is 5.91 Å². The number of nitrogens with zero attached hydrogens (tertiary/aromatic N) is 4. The molecule has 1 saturated carbocycles. The molecule has 24 heavy (non-hydrogen) atoms. The van der Waals surface area contributed by atoms with Gasteiger partial charge in [0, 0.05) is 30.3 Å². The second-order valence-corrected chi connectivity index (χ2v) is 5.94. The number of carbonyl (C=O) groups is 1. The molecule has 2 aromatic rings. The summed E-state index contributed by atoms with van der Waals surface area (Å²) in [4.78, 5) is 39.4. The molecule has 1 fully saturated rings. The molecule has 2 aromatic heterocycles. The third kappa shape index (κ3) is 3.95. The zero-order valence-corrected chi connectivity index (χ0v) is 13.4. The lowest BCUT2D eigenvalue weighted by Crippen LogP contribution is -2.36. The molecule has 0 aliphatic heterocycles. The van der Waals surface area contributed by atoms with Gasteiger partial charge in [-0.3, -0.25) is 19.0 Å². The molecule has 8 heteroatoms. The van der Waals surface area contributed by atoms with Crippen LogP contribution in [0.25, 0.3) is 0 Å². The molecule has 126 valence electrons. The predicted octanol–water partition coefficient (Wildman–Crippen LogP) is -0.198. The number of nitrogens with one attached hydrogen (secondary N) is 1. The van der Waals surface area contributed by atoms with Gasteiger partial charge in [-0.15, -0.1) is 0 Å². The summed E-state index contributed by atoms with van der Waals surface area (Å²) in [6, 6.07) is 4.66. The van der Waals surface area contributed by atoms with Gasteiger partial charge >= 0.3 is 0 Å². The molecular weight excluding hydrogens is 310 g/mol. The van der Waals surface area contributed by atoms with Crippen molar-refractivity contribution in [2.24, 2.45) is 0 Å². The molecule has 8 nitrogen and oxygen atoms in total. The molecule has 1 amide bonds. The molecule has 1 N–H and O–H groups in total. The Hall–Kier alpha value is -2.77. The van der Waals surface area contributed by atoms with Gasteiger partial charge in [-0.1, -0.05) is 0 Å². The van der Waals surface area contributed by atoms with Crippen molar-refractivity contribution in [3.05, 3.63) is 56.6 Å². The number of carbonyl (C=O) groups excluding carboxylic acids is 1. The first-order valence-corrected chi connectivity index (χ1v) is 7.91. The van der Waals surface area contributed by atoms with Crippen molar-refractivity contribution in [2.45, 2.75) is 38.8 Å². The number of hydrogen-bond donors (Lipinski definition) is 1. The van der Waals surface area contributed by atoms with Crippen LogP contribution in [0.15, 0.2) is 34.1 Å². The molecule has 0 saturated heterocycles. The Kier molecular flexibility index (Phi) is 4.54. The Bertz CT molecular complexity index is 867. The van der Waals surface area contributed by atoms with Crippen LogP contribution in [0.1, 0.15) is 30.1 Å². The summed E-state index contributed by atoms with van der Waals surface area (Å²) < 4.78 is 2.61. The lowest BCUT2D eigenvalue weighted by atomic mass is 10.3. The quantitative estimate of drug-likeness (QED) is 0.791. The minimum Gasteiger partial charge on any atom is -0.353 e. The van der Waals surface area contributed by atoms with Crippen molar-refractivity contribution in [1.82, 2.24) is 24.6 Å². The maximum atomic E-state index is 11.9. The molecular formula is C16H19N5O3. The monoisotopic (exact) mass is 329 g/mol. The van der Waals surface area contributed by atoms with Gasteiger partial charge in [-0.05, 0) is 25.8 Å². The van der Waals surface area contributed by atoms with E-state index in [2.05, 4.69) is 15.4 Å². The van der Waals surface area contributed by atoms with Gasteiger partial charge in [-0.25, -0.2) is 9.67 Å². The summed E-state index contributed by atoms with van der Waals surface area (Å²) in [5.74, 6) is 0.154. The van der Waals surface area contributed by atoms with Crippen molar-refractivity contribution in [3.63, 3.8) is 0 Å². The fourth-order valence-corrected chi connectivity index (χ4v) is 2.37. The number of hydrogen-bond acceptors (Lipinski definition) is 5. The minimum absolute atomic E-state index is 0.101. The Morgan fingerprint density at radius 2 is 2.08 bits per heavy atom. The van der Waals surface area contributed by atoms with E-state index in [1.807, 2.05) is 0 Å². The van der Waals surface area contributed by atoms with Crippen LogP contribution in [-0.4, -0.2) is 31.8 Å². The molecule has 1 aliphatic rings. The summed E-state index contributed by atoms with van der Waals surface area (Å²) >= 11 is 0. The Morgan fingerprint density at radius 3 is 2.79 bits per heavy atom. The molecule has 0 aromatic carbocycles. The fraction of sp³-hybridized carbons (Fsp3) is 0.438. The number of aryl methyl sites for hydroxylation is 1. The van der Waals surface area contributed by atoms with Crippen molar-refractivity contribution < 1.29 is 4.79 Å². The standard InChI is InChI=1S/C16H19N5O3/c1-11-8-16(24)20(10-18-11)9-14(22)17-6-7-21-15(23)5-4-13(19-21)12-2-3-12/h4-5,8,10,12H,2-3,6-7,9H2,1H3,(H,17,22). The summed E-state index contributed by atoms with van der Waals surface area (Å²) in [7, 11) is 0. The van der Waals surface area contributed by atoms with Crippen LogP contribution in [0.5, 0.6) is 0 Å². The Labute approximate surface area is 138 Å². The second-order valence-electron chi connectivity index (χ2n) is 5.94. The van der Waals surface area contributed by atoms with Crippen LogP contribution in [0.4, 0.5) is 0 Å². The highest BCUT2D eigenvalue weighted by Crippen LogP contribution is 2.38. The van der Waals surface area contributed by atoms with E-state index in [0.29, 0.717) is 18.2 Å². The number of amides is 1. The van der Waals surface area contributed by atoms with Gasteiger partial charge < -0.3 is 5.32 Å². The van der Waals surface area contributed by atoms with E-state index in [1.165, 1.54) is 27.7 Å². The molecule has 1 aliphatic carbocycles. The highest BCUT2D eigenvalue weighted by atomic mass is 16.2. The lowest BCUT2D eigenvalue weighted by Gasteiger charge is -2.09. The maximum absolute atomic E-state index is 11.9. The van der Waals surface area contributed by atoms with Crippen LogP contribution >= 0.6 is 0 Å². The van der Waals surface area contributed by atoms with Crippen molar-refractivity contribution in [1.29, 1.82) is 0 Å². The van der Waals surface area contributed by atoms with E-state index >= 15 is 0 Å². The van der Waals surface area contributed by atoms with E-state index in [9.17, 15) is 14.4 Å².